The smallest absolute Gasteiger partial charge is 0.119 e. The molecule has 0 saturated carbocycles. The van der Waals surface area contributed by atoms with Crippen LogP contribution in [-0.2, 0) is 0 Å². The third-order valence-corrected chi connectivity index (χ3v) is 3.18. The Labute approximate surface area is 112 Å². The molecule has 0 aliphatic rings. The maximum atomic E-state index is 5.27. The minimum absolute atomic E-state index is 0.876. The molecule has 0 aliphatic heterocycles. The number of nitrogens with one attached hydrogen (secondary N) is 1. The SMILES string of the molecule is COc1ccc2[nH]cc(C=Cc3ccccc3)c2c1. The first kappa shape index (κ1) is 11.6. The van der Waals surface area contributed by atoms with Crippen molar-refractivity contribution >= 4 is 23.1 Å². The summed E-state index contributed by atoms with van der Waals surface area (Å²) < 4.78 is 5.27. The minimum atomic E-state index is 0.876. The van der Waals surface area contributed by atoms with Crippen molar-refractivity contribution in [3.8, 4) is 5.75 Å². The highest BCUT2D eigenvalue weighted by Gasteiger charge is 2.02. The summed E-state index contributed by atoms with van der Waals surface area (Å²) >= 11 is 0. The Bertz CT molecular complexity index is 710. The Hall–Kier alpha value is -2.48. The highest BCUT2D eigenvalue weighted by molar-refractivity contribution is 5.92. The molecule has 3 aromatic rings. The van der Waals surface area contributed by atoms with Gasteiger partial charge in [0.05, 0.1) is 7.11 Å². The summed E-state index contributed by atoms with van der Waals surface area (Å²) in [5.74, 6) is 0.876. The van der Waals surface area contributed by atoms with Gasteiger partial charge in [-0.1, -0.05) is 42.5 Å². The minimum Gasteiger partial charge on any atom is -0.497 e. The molecule has 0 atom stereocenters. The van der Waals surface area contributed by atoms with Gasteiger partial charge in [-0.05, 0) is 29.3 Å². The quantitative estimate of drug-likeness (QED) is 0.733. The topological polar surface area (TPSA) is 25.0 Å². The van der Waals surface area contributed by atoms with Gasteiger partial charge >= 0.3 is 0 Å². The molecule has 1 aromatic heterocycles. The number of hydrogen-bond donors (Lipinski definition) is 1. The third kappa shape index (κ3) is 2.38. The molecule has 0 saturated heterocycles. The van der Waals surface area contributed by atoms with Crippen molar-refractivity contribution < 1.29 is 4.74 Å². The highest BCUT2D eigenvalue weighted by atomic mass is 16.5. The van der Waals surface area contributed by atoms with E-state index in [1.54, 1.807) is 7.11 Å². The van der Waals surface area contributed by atoms with E-state index >= 15 is 0 Å². The normalized spacial score (nSPS) is 11.2. The molecular weight excluding hydrogens is 234 g/mol. The van der Waals surface area contributed by atoms with Crippen molar-refractivity contribution in [2.24, 2.45) is 0 Å². The van der Waals surface area contributed by atoms with Gasteiger partial charge in [0.2, 0.25) is 0 Å². The first-order chi connectivity index (χ1) is 9.36. The lowest BCUT2D eigenvalue weighted by Crippen LogP contribution is -1.81. The van der Waals surface area contributed by atoms with E-state index in [0.29, 0.717) is 0 Å². The summed E-state index contributed by atoms with van der Waals surface area (Å²) in [5, 5.41) is 1.17. The summed E-state index contributed by atoms with van der Waals surface area (Å²) in [7, 11) is 1.69. The van der Waals surface area contributed by atoms with Crippen LogP contribution in [0.3, 0.4) is 0 Å². The van der Waals surface area contributed by atoms with Gasteiger partial charge in [-0.25, -0.2) is 0 Å². The van der Waals surface area contributed by atoms with Gasteiger partial charge in [0.25, 0.3) is 0 Å². The van der Waals surface area contributed by atoms with Gasteiger partial charge in [-0.3, -0.25) is 0 Å². The Kier molecular flexibility index (Phi) is 3.07. The van der Waals surface area contributed by atoms with E-state index in [1.165, 1.54) is 10.9 Å². The Morgan fingerprint density at radius 1 is 1.00 bits per heavy atom. The molecule has 2 nitrogen and oxygen atoms in total. The number of methoxy groups -OCH3 is 1. The third-order valence-electron chi connectivity index (χ3n) is 3.18. The summed E-state index contributed by atoms with van der Waals surface area (Å²) in [6.45, 7) is 0. The lowest BCUT2D eigenvalue weighted by atomic mass is 10.1. The molecule has 1 N–H and O–H groups in total. The van der Waals surface area contributed by atoms with Crippen molar-refractivity contribution in [3.63, 3.8) is 0 Å². The Morgan fingerprint density at radius 2 is 1.84 bits per heavy atom. The van der Waals surface area contributed by atoms with Crippen LogP contribution in [0.5, 0.6) is 5.75 Å². The molecular formula is C17H15NO. The molecule has 0 aliphatic carbocycles. The van der Waals surface area contributed by atoms with Crippen LogP contribution in [-0.4, -0.2) is 12.1 Å². The average Bonchev–Trinajstić information content (AvgIpc) is 2.88. The number of fused-ring (bicyclic) bond motifs is 1. The van der Waals surface area contributed by atoms with Crippen molar-refractivity contribution in [1.82, 2.24) is 4.98 Å². The fourth-order valence-corrected chi connectivity index (χ4v) is 2.14. The van der Waals surface area contributed by atoms with Crippen LogP contribution in [0.25, 0.3) is 23.1 Å². The summed E-state index contributed by atoms with van der Waals surface area (Å²) in [5.41, 5.74) is 3.48. The molecule has 2 heteroatoms. The van der Waals surface area contributed by atoms with Crippen molar-refractivity contribution in [2.75, 3.05) is 7.11 Å². The van der Waals surface area contributed by atoms with Crippen LogP contribution in [0.2, 0.25) is 0 Å². The van der Waals surface area contributed by atoms with Gasteiger partial charge in [-0.15, -0.1) is 0 Å². The van der Waals surface area contributed by atoms with Gasteiger partial charge in [0, 0.05) is 17.1 Å². The maximum absolute atomic E-state index is 5.27. The number of ether oxygens (including phenoxy) is 1. The predicted molar refractivity (Wildman–Crippen MR) is 80.2 cm³/mol. The largest absolute Gasteiger partial charge is 0.497 e. The number of aromatic amines is 1. The predicted octanol–water partition coefficient (Wildman–Crippen LogP) is 4.35. The lowest BCUT2D eigenvalue weighted by Gasteiger charge is -1.99. The summed E-state index contributed by atoms with van der Waals surface area (Å²) in [4.78, 5) is 3.27. The first-order valence-corrected chi connectivity index (χ1v) is 6.25. The molecule has 2 aromatic carbocycles. The van der Waals surface area contributed by atoms with Crippen molar-refractivity contribution in [2.45, 2.75) is 0 Å². The second-order valence-corrected chi connectivity index (χ2v) is 4.40. The maximum Gasteiger partial charge on any atom is 0.119 e. The molecule has 1 heterocycles. The van der Waals surface area contributed by atoms with Gasteiger partial charge in [0.15, 0.2) is 0 Å². The first-order valence-electron chi connectivity index (χ1n) is 6.25. The monoisotopic (exact) mass is 249 g/mol. The molecule has 0 amide bonds. The van der Waals surface area contributed by atoms with E-state index in [9.17, 15) is 0 Å². The highest BCUT2D eigenvalue weighted by Crippen LogP contribution is 2.24. The zero-order chi connectivity index (χ0) is 13.1. The molecule has 0 bridgehead atoms. The van der Waals surface area contributed by atoms with E-state index < -0.39 is 0 Å². The van der Waals surface area contributed by atoms with E-state index in [1.807, 2.05) is 36.5 Å². The van der Waals surface area contributed by atoms with Crippen LogP contribution < -0.4 is 4.74 Å². The van der Waals surface area contributed by atoms with Crippen LogP contribution >= 0.6 is 0 Å². The van der Waals surface area contributed by atoms with Crippen molar-refractivity contribution in [1.29, 1.82) is 0 Å². The van der Waals surface area contributed by atoms with Crippen LogP contribution in [0.15, 0.2) is 54.7 Å². The second-order valence-electron chi connectivity index (χ2n) is 4.40. The lowest BCUT2D eigenvalue weighted by molar-refractivity contribution is 0.415. The second kappa shape index (κ2) is 5.02. The van der Waals surface area contributed by atoms with Gasteiger partial charge < -0.3 is 9.72 Å². The number of rotatable bonds is 3. The molecule has 19 heavy (non-hydrogen) atoms. The van der Waals surface area contributed by atoms with Crippen LogP contribution in [0.4, 0.5) is 0 Å². The zero-order valence-corrected chi connectivity index (χ0v) is 10.8. The standard InChI is InChI=1S/C17H15NO/c1-19-15-9-10-17-16(11-15)14(12-18-17)8-7-13-5-3-2-4-6-13/h2-12,18H,1H3. The number of benzene rings is 2. The zero-order valence-electron chi connectivity index (χ0n) is 10.8. The Balaban J connectivity index is 1.99. The Morgan fingerprint density at radius 3 is 2.63 bits per heavy atom. The molecule has 0 spiro atoms. The number of aromatic nitrogens is 1. The molecule has 0 unspecified atom stereocenters. The van der Waals surface area contributed by atoms with Crippen molar-refractivity contribution in [3.05, 3.63) is 65.9 Å². The van der Waals surface area contributed by atoms with Crippen LogP contribution in [0.1, 0.15) is 11.1 Å². The average molecular weight is 249 g/mol. The van der Waals surface area contributed by atoms with Gasteiger partial charge in [0.1, 0.15) is 5.75 Å². The van der Waals surface area contributed by atoms with E-state index in [-0.39, 0.29) is 0 Å². The van der Waals surface area contributed by atoms with E-state index in [4.69, 9.17) is 4.74 Å². The number of hydrogen-bond acceptors (Lipinski definition) is 1. The molecule has 94 valence electrons. The van der Waals surface area contributed by atoms with E-state index in [0.717, 1.165) is 16.8 Å². The van der Waals surface area contributed by atoms with Crippen LogP contribution in [0, 0.1) is 0 Å². The number of H-pyrrole nitrogens is 1. The van der Waals surface area contributed by atoms with Gasteiger partial charge in [-0.2, -0.15) is 0 Å². The fourth-order valence-electron chi connectivity index (χ4n) is 2.14. The fraction of sp³-hybridized carbons (Fsp3) is 0.0588. The molecule has 0 radical (unpaired) electrons. The molecule has 3 rings (SSSR count). The summed E-state index contributed by atoms with van der Waals surface area (Å²) in [6.07, 6.45) is 6.25. The molecule has 0 fully saturated rings. The summed E-state index contributed by atoms with van der Waals surface area (Å²) in [6, 6.07) is 16.3. The van der Waals surface area contributed by atoms with E-state index in [2.05, 4.69) is 35.3 Å².